The fourth-order valence-corrected chi connectivity index (χ4v) is 1.27. The molecule has 0 fully saturated rings. The minimum Gasteiger partial charge on any atom is -0.495 e. The van der Waals surface area contributed by atoms with E-state index in [1.807, 2.05) is 0 Å². The van der Waals surface area contributed by atoms with Gasteiger partial charge in [-0.15, -0.1) is 0 Å². The number of hydrogen-bond donors (Lipinski definition) is 1. The molecule has 1 rings (SSSR count). The standard InChI is InChI=1S/C9H12O4/c1-12-8-5-3-4-7(6-10)9(8,11)13-2/h3-7,11H,1-2H3. The maximum Gasteiger partial charge on any atom is 0.238 e. The van der Waals surface area contributed by atoms with Crippen LogP contribution in [0.25, 0.3) is 0 Å². The van der Waals surface area contributed by atoms with Gasteiger partial charge in [0, 0.05) is 7.11 Å². The minimum atomic E-state index is -1.66. The predicted molar refractivity (Wildman–Crippen MR) is 45.7 cm³/mol. The highest BCUT2D eigenvalue weighted by Crippen LogP contribution is 2.30. The summed E-state index contributed by atoms with van der Waals surface area (Å²) in [4.78, 5) is 10.6. The molecule has 72 valence electrons. The number of aldehydes is 1. The Morgan fingerprint density at radius 3 is 2.77 bits per heavy atom. The van der Waals surface area contributed by atoms with Crippen molar-refractivity contribution in [2.45, 2.75) is 5.79 Å². The monoisotopic (exact) mass is 184 g/mol. The Hall–Kier alpha value is -1.13. The van der Waals surface area contributed by atoms with Gasteiger partial charge in [0.25, 0.3) is 0 Å². The second kappa shape index (κ2) is 3.72. The Morgan fingerprint density at radius 1 is 1.62 bits per heavy atom. The molecule has 0 aromatic rings. The van der Waals surface area contributed by atoms with Gasteiger partial charge in [-0.05, 0) is 6.08 Å². The van der Waals surface area contributed by atoms with Crippen molar-refractivity contribution < 1.29 is 19.4 Å². The van der Waals surface area contributed by atoms with E-state index < -0.39 is 11.7 Å². The van der Waals surface area contributed by atoms with Crippen LogP contribution in [0.5, 0.6) is 0 Å². The van der Waals surface area contributed by atoms with Gasteiger partial charge in [-0.1, -0.05) is 12.2 Å². The lowest BCUT2D eigenvalue weighted by molar-refractivity contribution is -0.201. The Morgan fingerprint density at radius 2 is 2.31 bits per heavy atom. The molecule has 0 saturated carbocycles. The van der Waals surface area contributed by atoms with Crippen LogP contribution in [0.15, 0.2) is 24.0 Å². The van der Waals surface area contributed by atoms with Crippen molar-refractivity contribution in [1.82, 2.24) is 0 Å². The topological polar surface area (TPSA) is 55.8 Å². The van der Waals surface area contributed by atoms with Crippen molar-refractivity contribution in [2.24, 2.45) is 5.92 Å². The number of ether oxygens (including phenoxy) is 2. The molecule has 1 aliphatic carbocycles. The third-order valence-electron chi connectivity index (χ3n) is 2.05. The van der Waals surface area contributed by atoms with Crippen molar-refractivity contribution in [2.75, 3.05) is 14.2 Å². The molecule has 0 bridgehead atoms. The van der Waals surface area contributed by atoms with Crippen LogP contribution in [-0.2, 0) is 14.3 Å². The first-order chi connectivity index (χ1) is 6.19. The number of methoxy groups -OCH3 is 2. The summed E-state index contributed by atoms with van der Waals surface area (Å²) < 4.78 is 9.77. The first-order valence-electron chi connectivity index (χ1n) is 3.84. The van der Waals surface area contributed by atoms with Gasteiger partial charge in [0.1, 0.15) is 6.29 Å². The molecule has 0 aromatic heterocycles. The lowest BCUT2D eigenvalue weighted by atomic mass is 9.93. The summed E-state index contributed by atoms with van der Waals surface area (Å²) >= 11 is 0. The average Bonchev–Trinajstić information content (AvgIpc) is 2.18. The van der Waals surface area contributed by atoms with Crippen LogP contribution in [0.1, 0.15) is 0 Å². The Bertz CT molecular complexity index is 256. The van der Waals surface area contributed by atoms with E-state index in [0.717, 1.165) is 0 Å². The first-order valence-corrected chi connectivity index (χ1v) is 3.84. The number of carbonyl (C=O) groups excluding carboxylic acids is 1. The normalized spacial score (nSPS) is 32.5. The van der Waals surface area contributed by atoms with E-state index in [2.05, 4.69) is 0 Å². The summed E-state index contributed by atoms with van der Waals surface area (Å²) in [5, 5.41) is 9.90. The molecule has 1 aliphatic rings. The van der Waals surface area contributed by atoms with Crippen molar-refractivity contribution in [3.8, 4) is 0 Å². The van der Waals surface area contributed by atoms with Crippen LogP contribution in [0.2, 0.25) is 0 Å². The second-order valence-electron chi connectivity index (χ2n) is 2.68. The molecule has 4 heteroatoms. The summed E-state index contributed by atoms with van der Waals surface area (Å²) in [7, 11) is 2.74. The lowest BCUT2D eigenvalue weighted by Gasteiger charge is -2.32. The van der Waals surface area contributed by atoms with Gasteiger partial charge in [0.05, 0.1) is 13.0 Å². The van der Waals surface area contributed by atoms with Gasteiger partial charge in [0.2, 0.25) is 5.79 Å². The van der Waals surface area contributed by atoms with Gasteiger partial charge in [0.15, 0.2) is 5.76 Å². The summed E-state index contributed by atoms with van der Waals surface area (Å²) in [6.45, 7) is 0. The number of aliphatic hydroxyl groups is 1. The van der Waals surface area contributed by atoms with E-state index in [-0.39, 0.29) is 5.76 Å². The third-order valence-corrected chi connectivity index (χ3v) is 2.05. The molecule has 2 unspecified atom stereocenters. The van der Waals surface area contributed by atoms with Crippen molar-refractivity contribution in [3.05, 3.63) is 24.0 Å². The minimum absolute atomic E-state index is 0.231. The first kappa shape index (κ1) is 9.95. The Kier molecular flexibility index (Phi) is 2.85. The second-order valence-corrected chi connectivity index (χ2v) is 2.68. The fourth-order valence-electron chi connectivity index (χ4n) is 1.27. The molecule has 0 aromatic carbocycles. The highest BCUT2D eigenvalue weighted by atomic mass is 16.6. The Balaban J connectivity index is 3.02. The predicted octanol–water partition coefficient (Wildman–Crippen LogP) is 0.237. The molecule has 1 N–H and O–H groups in total. The molecule has 13 heavy (non-hydrogen) atoms. The van der Waals surface area contributed by atoms with E-state index in [1.54, 1.807) is 18.2 Å². The van der Waals surface area contributed by atoms with Crippen LogP contribution in [0.3, 0.4) is 0 Å². The van der Waals surface area contributed by atoms with Crippen molar-refractivity contribution in [1.29, 1.82) is 0 Å². The highest BCUT2D eigenvalue weighted by Gasteiger charge is 2.42. The van der Waals surface area contributed by atoms with E-state index in [4.69, 9.17) is 9.47 Å². The molecular formula is C9H12O4. The highest BCUT2D eigenvalue weighted by molar-refractivity contribution is 5.61. The summed E-state index contributed by atoms with van der Waals surface area (Å²) in [5.74, 6) is -2.15. The fraction of sp³-hybridized carbons (Fsp3) is 0.444. The van der Waals surface area contributed by atoms with Crippen LogP contribution < -0.4 is 0 Å². The van der Waals surface area contributed by atoms with Gasteiger partial charge in [-0.3, -0.25) is 0 Å². The van der Waals surface area contributed by atoms with Gasteiger partial charge >= 0.3 is 0 Å². The van der Waals surface area contributed by atoms with E-state index >= 15 is 0 Å². The summed E-state index contributed by atoms with van der Waals surface area (Å²) in [5.41, 5.74) is 0. The van der Waals surface area contributed by atoms with Crippen LogP contribution >= 0.6 is 0 Å². The summed E-state index contributed by atoms with van der Waals surface area (Å²) in [6.07, 6.45) is 5.37. The molecule has 0 amide bonds. The molecule has 0 heterocycles. The zero-order chi connectivity index (χ0) is 9.90. The molecule has 0 spiro atoms. The zero-order valence-corrected chi connectivity index (χ0v) is 7.56. The molecule has 0 radical (unpaired) electrons. The van der Waals surface area contributed by atoms with Crippen LogP contribution in [0.4, 0.5) is 0 Å². The van der Waals surface area contributed by atoms with Gasteiger partial charge in [-0.2, -0.15) is 0 Å². The number of hydrogen-bond acceptors (Lipinski definition) is 4. The molecule has 2 atom stereocenters. The summed E-state index contributed by atoms with van der Waals surface area (Å²) in [6, 6.07) is 0. The SMILES string of the molecule is COC1=CC=CC(C=O)C1(O)OC. The van der Waals surface area contributed by atoms with Crippen molar-refractivity contribution >= 4 is 6.29 Å². The van der Waals surface area contributed by atoms with Crippen molar-refractivity contribution in [3.63, 3.8) is 0 Å². The smallest absolute Gasteiger partial charge is 0.238 e. The molecule has 0 aliphatic heterocycles. The maximum absolute atomic E-state index is 10.6. The number of allylic oxidation sites excluding steroid dienone is 2. The average molecular weight is 184 g/mol. The quantitative estimate of drug-likeness (QED) is 0.504. The third kappa shape index (κ3) is 1.50. The van der Waals surface area contributed by atoms with E-state index in [1.165, 1.54) is 14.2 Å². The lowest BCUT2D eigenvalue weighted by Crippen LogP contribution is -2.43. The molecular weight excluding hydrogens is 172 g/mol. The largest absolute Gasteiger partial charge is 0.495 e. The van der Waals surface area contributed by atoms with Crippen LogP contribution in [-0.4, -0.2) is 31.4 Å². The zero-order valence-electron chi connectivity index (χ0n) is 7.56. The Labute approximate surface area is 76.5 Å². The van der Waals surface area contributed by atoms with Gasteiger partial charge < -0.3 is 19.4 Å². The number of carbonyl (C=O) groups is 1. The number of rotatable bonds is 3. The van der Waals surface area contributed by atoms with Crippen LogP contribution in [0, 0.1) is 5.92 Å². The molecule has 4 nitrogen and oxygen atoms in total. The van der Waals surface area contributed by atoms with Gasteiger partial charge in [-0.25, -0.2) is 0 Å². The maximum atomic E-state index is 10.6. The molecule has 0 saturated heterocycles. The van der Waals surface area contributed by atoms with E-state index in [9.17, 15) is 9.90 Å². The van der Waals surface area contributed by atoms with E-state index in [0.29, 0.717) is 6.29 Å².